The molecule has 0 bridgehead atoms. The van der Waals surface area contributed by atoms with Crippen molar-refractivity contribution in [3.05, 3.63) is 34.2 Å². The SMILES string of the molecule is CN=Nc1ccc(-c2cc(=S)ss2)cc1. The summed E-state index contributed by atoms with van der Waals surface area (Å²) in [6.07, 6.45) is 0. The zero-order valence-corrected chi connectivity index (χ0v) is 10.5. The van der Waals surface area contributed by atoms with Crippen molar-refractivity contribution in [2.45, 2.75) is 0 Å². The number of hydrogen-bond donors (Lipinski definition) is 0. The fourth-order valence-electron chi connectivity index (χ4n) is 1.18. The van der Waals surface area contributed by atoms with Gasteiger partial charge in [0.25, 0.3) is 0 Å². The van der Waals surface area contributed by atoms with Crippen LogP contribution in [0.4, 0.5) is 5.69 Å². The molecule has 0 atom stereocenters. The van der Waals surface area contributed by atoms with E-state index in [1.165, 1.54) is 10.4 Å². The van der Waals surface area contributed by atoms with E-state index >= 15 is 0 Å². The first-order valence-electron chi connectivity index (χ1n) is 4.30. The number of azo groups is 1. The van der Waals surface area contributed by atoms with Gasteiger partial charge in [-0.25, -0.2) is 0 Å². The molecule has 0 saturated heterocycles. The molecule has 0 aliphatic carbocycles. The molecule has 0 aliphatic heterocycles. The van der Waals surface area contributed by atoms with Gasteiger partial charge in [-0.15, -0.1) is 0 Å². The van der Waals surface area contributed by atoms with Crippen molar-refractivity contribution in [1.29, 1.82) is 0 Å². The van der Waals surface area contributed by atoms with Crippen molar-refractivity contribution < 1.29 is 0 Å². The van der Waals surface area contributed by atoms with Crippen LogP contribution in [0.15, 0.2) is 40.6 Å². The van der Waals surface area contributed by atoms with Gasteiger partial charge in [-0.05, 0) is 23.8 Å². The molecule has 0 amide bonds. The van der Waals surface area contributed by atoms with E-state index in [9.17, 15) is 0 Å². The topological polar surface area (TPSA) is 24.7 Å². The smallest absolute Gasteiger partial charge is 0.102 e. The molecule has 0 spiro atoms. The highest BCUT2D eigenvalue weighted by atomic mass is 32.9. The van der Waals surface area contributed by atoms with Gasteiger partial charge in [0.05, 0.1) is 5.69 Å². The third-order valence-electron chi connectivity index (χ3n) is 1.83. The summed E-state index contributed by atoms with van der Waals surface area (Å²) in [5, 5.41) is 7.68. The van der Waals surface area contributed by atoms with E-state index in [4.69, 9.17) is 12.2 Å². The highest BCUT2D eigenvalue weighted by Crippen LogP contribution is 2.30. The Hall–Kier alpha value is -0.910. The lowest BCUT2D eigenvalue weighted by Gasteiger charge is -1.96. The fourth-order valence-corrected chi connectivity index (χ4v) is 3.58. The predicted molar refractivity (Wildman–Crippen MR) is 68.9 cm³/mol. The Morgan fingerprint density at radius 3 is 2.40 bits per heavy atom. The lowest BCUT2D eigenvalue weighted by atomic mass is 10.2. The molecule has 76 valence electrons. The third kappa shape index (κ3) is 2.56. The van der Waals surface area contributed by atoms with Crippen LogP contribution >= 0.6 is 32.9 Å². The van der Waals surface area contributed by atoms with Crippen LogP contribution < -0.4 is 0 Å². The van der Waals surface area contributed by atoms with E-state index < -0.39 is 0 Å². The zero-order valence-electron chi connectivity index (χ0n) is 8.01. The molecular formula is C10H8N2S3. The lowest BCUT2D eigenvalue weighted by Crippen LogP contribution is -1.70. The van der Waals surface area contributed by atoms with Crippen LogP contribution in [-0.4, -0.2) is 7.05 Å². The highest BCUT2D eigenvalue weighted by molar-refractivity contribution is 7.80. The average molecular weight is 252 g/mol. The maximum atomic E-state index is 5.10. The quantitative estimate of drug-likeness (QED) is 0.423. The van der Waals surface area contributed by atoms with Crippen molar-refractivity contribution in [3.63, 3.8) is 0 Å². The maximum absolute atomic E-state index is 5.10. The van der Waals surface area contributed by atoms with E-state index in [2.05, 4.69) is 10.2 Å². The summed E-state index contributed by atoms with van der Waals surface area (Å²) in [4.78, 5) is 1.21. The van der Waals surface area contributed by atoms with Gasteiger partial charge >= 0.3 is 0 Å². The predicted octanol–water partition coefficient (Wildman–Crippen LogP) is 4.92. The van der Waals surface area contributed by atoms with Gasteiger partial charge in [0.15, 0.2) is 0 Å². The highest BCUT2D eigenvalue weighted by Gasteiger charge is 1.99. The second kappa shape index (κ2) is 4.74. The molecule has 0 radical (unpaired) electrons. The molecule has 2 aromatic rings. The molecule has 0 N–H and O–H groups in total. The van der Waals surface area contributed by atoms with E-state index in [0.717, 1.165) is 9.51 Å². The first kappa shape index (κ1) is 10.6. The molecule has 0 fully saturated rings. The van der Waals surface area contributed by atoms with E-state index in [-0.39, 0.29) is 0 Å². The summed E-state index contributed by atoms with van der Waals surface area (Å²) in [6, 6.07) is 10.0. The summed E-state index contributed by atoms with van der Waals surface area (Å²) in [5.74, 6) is 0. The van der Waals surface area contributed by atoms with Gasteiger partial charge in [0.2, 0.25) is 0 Å². The summed E-state index contributed by atoms with van der Waals surface area (Å²) in [6.45, 7) is 0. The van der Waals surface area contributed by atoms with E-state index in [0.29, 0.717) is 0 Å². The minimum atomic E-state index is 0.875. The van der Waals surface area contributed by atoms with Gasteiger partial charge in [0, 0.05) is 11.9 Å². The molecule has 15 heavy (non-hydrogen) atoms. The van der Waals surface area contributed by atoms with Crippen molar-refractivity contribution in [2.75, 3.05) is 7.05 Å². The standard InChI is InChI=1S/C10H8N2S3/c1-11-12-8-4-2-7(3-5-8)9-6-10(13)15-14-9/h2-6H,1H3. The zero-order chi connectivity index (χ0) is 10.7. The molecule has 1 aromatic carbocycles. The molecule has 2 nitrogen and oxygen atoms in total. The molecule has 0 aliphatic rings. The Bertz CT molecular complexity index is 522. The van der Waals surface area contributed by atoms with Crippen LogP contribution in [0.2, 0.25) is 0 Å². The molecule has 0 unspecified atom stereocenters. The maximum Gasteiger partial charge on any atom is 0.102 e. The summed E-state index contributed by atoms with van der Waals surface area (Å²) < 4.78 is 0.937. The summed E-state index contributed by atoms with van der Waals surface area (Å²) in [7, 11) is 5.00. The Kier molecular flexibility index (Phi) is 3.35. The minimum absolute atomic E-state index is 0.875. The van der Waals surface area contributed by atoms with Crippen LogP contribution in [0.1, 0.15) is 0 Å². The molecule has 0 saturated carbocycles. The van der Waals surface area contributed by atoms with Gasteiger partial charge in [0.1, 0.15) is 3.82 Å². The Labute approximate surface area is 100 Å². The first-order chi connectivity index (χ1) is 7.29. The summed E-state index contributed by atoms with van der Waals surface area (Å²) in [5.41, 5.74) is 2.06. The third-order valence-corrected chi connectivity index (χ3v) is 4.74. The number of nitrogens with zero attached hydrogens (tertiary/aromatic N) is 2. The second-order valence-electron chi connectivity index (χ2n) is 2.84. The van der Waals surface area contributed by atoms with Crippen LogP contribution in [0, 0.1) is 3.82 Å². The molecule has 5 heteroatoms. The average Bonchev–Trinajstić information content (AvgIpc) is 2.67. The Balaban J connectivity index is 2.35. The van der Waals surface area contributed by atoms with Crippen LogP contribution in [-0.2, 0) is 0 Å². The number of hydrogen-bond acceptors (Lipinski definition) is 5. The minimum Gasteiger partial charge on any atom is -0.192 e. The van der Waals surface area contributed by atoms with Crippen molar-refractivity contribution in [1.82, 2.24) is 0 Å². The number of rotatable bonds is 2. The van der Waals surface area contributed by atoms with Crippen molar-refractivity contribution >= 4 is 38.6 Å². The molecule has 2 rings (SSSR count). The largest absolute Gasteiger partial charge is 0.192 e. The molecular weight excluding hydrogens is 244 g/mol. The van der Waals surface area contributed by atoms with Gasteiger partial charge in [-0.1, -0.05) is 45.0 Å². The number of benzene rings is 1. The van der Waals surface area contributed by atoms with Crippen molar-refractivity contribution in [2.24, 2.45) is 10.2 Å². The van der Waals surface area contributed by atoms with E-state index in [1.807, 2.05) is 30.3 Å². The van der Waals surface area contributed by atoms with Gasteiger partial charge < -0.3 is 0 Å². The van der Waals surface area contributed by atoms with Gasteiger partial charge in [-0.3, -0.25) is 0 Å². The van der Waals surface area contributed by atoms with Gasteiger partial charge in [-0.2, -0.15) is 10.2 Å². The van der Waals surface area contributed by atoms with Crippen LogP contribution in [0.3, 0.4) is 0 Å². The lowest BCUT2D eigenvalue weighted by molar-refractivity contribution is 1.17. The fraction of sp³-hybridized carbons (Fsp3) is 0.100. The Morgan fingerprint density at radius 1 is 1.13 bits per heavy atom. The molecule has 1 heterocycles. The summed E-state index contributed by atoms with van der Waals surface area (Å²) >= 11 is 5.10. The normalized spacial score (nSPS) is 11.0. The second-order valence-corrected chi connectivity index (χ2v) is 5.75. The Morgan fingerprint density at radius 2 is 1.87 bits per heavy atom. The molecule has 1 aromatic heterocycles. The van der Waals surface area contributed by atoms with E-state index in [1.54, 1.807) is 27.7 Å². The van der Waals surface area contributed by atoms with Crippen molar-refractivity contribution in [3.8, 4) is 10.4 Å². The first-order valence-corrected chi connectivity index (χ1v) is 6.86. The monoisotopic (exact) mass is 252 g/mol. The van der Waals surface area contributed by atoms with Crippen LogP contribution in [0.25, 0.3) is 10.4 Å². The van der Waals surface area contributed by atoms with Crippen LogP contribution in [0.5, 0.6) is 0 Å².